The van der Waals surface area contributed by atoms with Crippen molar-refractivity contribution in [2.45, 2.75) is 13.8 Å². The van der Waals surface area contributed by atoms with Crippen LogP contribution in [0.15, 0.2) is 47.1 Å². The molecule has 4 heterocycles. The first-order chi connectivity index (χ1) is 11.1. The second kappa shape index (κ2) is 4.95. The average molecular weight is 305 g/mol. The van der Waals surface area contributed by atoms with Gasteiger partial charge < -0.3 is 10.2 Å². The van der Waals surface area contributed by atoms with Gasteiger partial charge in [-0.1, -0.05) is 0 Å². The molecule has 0 saturated heterocycles. The van der Waals surface area contributed by atoms with Crippen LogP contribution in [0.25, 0.3) is 28.4 Å². The molecular weight excluding hydrogens is 290 g/mol. The van der Waals surface area contributed by atoms with Gasteiger partial charge in [-0.15, -0.1) is 5.10 Å². The predicted molar refractivity (Wildman–Crippen MR) is 87.8 cm³/mol. The highest BCUT2D eigenvalue weighted by molar-refractivity contribution is 5.71. The van der Waals surface area contributed by atoms with Gasteiger partial charge in [-0.2, -0.15) is 4.52 Å². The van der Waals surface area contributed by atoms with Crippen LogP contribution in [0.5, 0.6) is 0 Å². The van der Waals surface area contributed by atoms with Crippen molar-refractivity contribution in [3.63, 3.8) is 0 Å². The summed E-state index contributed by atoms with van der Waals surface area (Å²) < 4.78 is 7.32. The zero-order chi connectivity index (χ0) is 16.0. The molecule has 0 aromatic carbocycles. The third-order valence-electron chi connectivity index (χ3n) is 3.86. The lowest BCUT2D eigenvalue weighted by Crippen LogP contribution is -1.99. The summed E-state index contributed by atoms with van der Waals surface area (Å²) in [5.74, 6) is 2.56. The maximum Gasteiger partial charge on any atom is 0.217 e. The smallest absolute Gasteiger partial charge is 0.217 e. The van der Waals surface area contributed by atoms with Crippen LogP contribution in [0.3, 0.4) is 0 Å². The highest BCUT2D eigenvalue weighted by Crippen LogP contribution is 2.26. The van der Waals surface area contributed by atoms with Crippen molar-refractivity contribution in [1.82, 2.24) is 19.6 Å². The van der Waals surface area contributed by atoms with E-state index >= 15 is 0 Å². The van der Waals surface area contributed by atoms with Crippen molar-refractivity contribution >= 4 is 11.5 Å². The molecule has 0 unspecified atom stereocenters. The quantitative estimate of drug-likeness (QED) is 0.614. The fourth-order valence-electron chi connectivity index (χ4n) is 2.51. The fourth-order valence-corrected chi connectivity index (χ4v) is 2.51. The van der Waals surface area contributed by atoms with Crippen molar-refractivity contribution in [1.29, 1.82) is 0 Å². The molecule has 23 heavy (non-hydrogen) atoms. The van der Waals surface area contributed by atoms with Crippen molar-refractivity contribution in [3.05, 3.63) is 54.0 Å². The number of furan rings is 1. The van der Waals surface area contributed by atoms with Gasteiger partial charge in [-0.3, -0.25) is 4.98 Å². The van der Waals surface area contributed by atoms with Crippen molar-refractivity contribution in [3.8, 4) is 22.7 Å². The maximum absolute atomic E-state index is 6.14. The minimum absolute atomic E-state index is 0.521. The van der Waals surface area contributed by atoms with Gasteiger partial charge in [0.2, 0.25) is 5.82 Å². The minimum atomic E-state index is 0.521. The Balaban J connectivity index is 1.87. The summed E-state index contributed by atoms with van der Waals surface area (Å²) in [4.78, 5) is 8.58. The number of hydrogen-bond acceptors (Lipinski definition) is 5. The van der Waals surface area contributed by atoms with E-state index in [0.717, 1.165) is 22.5 Å². The summed E-state index contributed by atoms with van der Waals surface area (Å²) in [6, 6.07) is 9.62. The number of rotatable bonds is 2. The van der Waals surface area contributed by atoms with Gasteiger partial charge in [0.15, 0.2) is 11.4 Å². The van der Waals surface area contributed by atoms with Crippen LogP contribution in [-0.4, -0.2) is 19.6 Å². The summed E-state index contributed by atoms with van der Waals surface area (Å²) in [5.41, 5.74) is 9.89. The molecule has 0 radical (unpaired) electrons. The van der Waals surface area contributed by atoms with Crippen LogP contribution < -0.4 is 5.73 Å². The van der Waals surface area contributed by atoms with E-state index in [1.165, 1.54) is 0 Å². The lowest BCUT2D eigenvalue weighted by molar-refractivity contribution is 0.541. The number of aryl methyl sites for hydroxylation is 2. The fraction of sp³-hybridized carbons (Fsp3) is 0.118. The van der Waals surface area contributed by atoms with Crippen LogP contribution >= 0.6 is 0 Å². The van der Waals surface area contributed by atoms with Crippen LogP contribution in [0.2, 0.25) is 0 Å². The third-order valence-corrected chi connectivity index (χ3v) is 3.86. The topological polar surface area (TPSA) is 82.2 Å². The van der Waals surface area contributed by atoms with Crippen LogP contribution in [0, 0.1) is 13.8 Å². The standard InChI is InChI=1S/C17H15N5O/c1-10-7-14(23-11(10)2)17-20-16-9-13(8-15(18)22(16)21-17)12-3-5-19-6-4-12/h3-9H,18H2,1-2H3. The van der Waals surface area contributed by atoms with Gasteiger partial charge in [0.05, 0.1) is 0 Å². The number of hydrogen-bond donors (Lipinski definition) is 1. The Hall–Kier alpha value is -3.15. The van der Waals surface area contributed by atoms with Gasteiger partial charge in [0, 0.05) is 12.4 Å². The Labute approximate surface area is 132 Å². The van der Waals surface area contributed by atoms with E-state index in [2.05, 4.69) is 15.1 Å². The lowest BCUT2D eigenvalue weighted by Gasteiger charge is -2.03. The van der Waals surface area contributed by atoms with Gasteiger partial charge in [0.1, 0.15) is 11.6 Å². The number of nitrogen functional groups attached to an aromatic ring is 1. The Bertz CT molecular complexity index is 981. The molecule has 6 heteroatoms. The third kappa shape index (κ3) is 2.24. The molecule has 114 valence electrons. The van der Waals surface area contributed by atoms with Crippen LogP contribution in [0.4, 0.5) is 5.82 Å². The van der Waals surface area contributed by atoms with E-state index in [-0.39, 0.29) is 0 Å². The Morgan fingerprint density at radius 2 is 1.83 bits per heavy atom. The first-order valence-electron chi connectivity index (χ1n) is 7.26. The maximum atomic E-state index is 6.14. The summed E-state index contributed by atoms with van der Waals surface area (Å²) in [5, 5.41) is 4.45. The molecule has 6 nitrogen and oxygen atoms in total. The molecule has 0 saturated carbocycles. The first-order valence-corrected chi connectivity index (χ1v) is 7.26. The average Bonchev–Trinajstić information content (AvgIpc) is 3.12. The van der Waals surface area contributed by atoms with Gasteiger partial charge in [0.25, 0.3) is 0 Å². The first kappa shape index (κ1) is 13.5. The Kier molecular flexibility index (Phi) is 2.90. The molecule has 4 aromatic heterocycles. The second-order valence-corrected chi connectivity index (χ2v) is 5.46. The minimum Gasteiger partial charge on any atom is -0.458 e. The van der Waals surface area contributed by atoms with E-state index in [1.54, 1.807) is 16.9 Å². The molecule has 4 aromatic rings. The highest BCUT2D eigenvalue weighted by atomic mass is 16.3. The van der Waals surface area contributed by atoms with Crippen LogP contribution in [-0.2, 0) is 0 Å². The number of aromatic nitrogens is 4. The molecule has 0 amide bonds. The number of pyridine rings is 2. The molecule has 0 atom stereocenters. The molecule has 0 fully saturated rings. The molecule has 0 aliphatic carbocycles. The molecule has 0 bridgehead atoms. The second-order valence-electron chi connectivity index (χ2n) is 5.46. The number of nitrogens with zero attached hydrogens (tertiary/aromatic N) is 4. The highest BCUT2D eigenvalue weighted by Gasteiger charge is 2.14. The monoisotopic (exact) mass is 305 g/mol. The Morgan fingerprint density at radius 1 is 1.04 bits per heavy atom. The molecule has 2 N–H and O–H groups in total. The van der Waals surface area contributed by atoms with Crippen molar-refractivity contribution in [2.24, 2.45) is 0 Å². The van der Waals surface area contributed by atoms with Gasteiger partial charge in [-0.05, 0) is 60.9 Å². The van der Waals surface area contributed by atoms with E-state index in [4.69, 9.17) is 10.2 Å². The van der Waals surface area contributed by atoms with E-state index in [9.17, 15) is 0 Å². The summed E-state index contributed by atoms with van der Waals surface area (Å²) >= 11 is 0. The zero-order valence-electron chi connectivity index (χ0n) is 12.8. The van der Waals surface area contributed by atoms with E-state index in [0.29, 0.717) is 23.0 Å². The van der Waals surface area contributed by atoms with Gasteiger partial charge >= 0.3 is 0 Å². The summed E-state index contributed by atoms with van der Waals surface area (Å²) in [6.45, 7) is 3.92. The largest absolute Gasteiger partial charge is 0.458 e. The molecule has 0 aliphatic rings. The molecule has 4 rings (SSSR count). The lowest BCUT2D eigenvalue weighted by atomic mass is 10.1. The number of fused-ring (bicyclic) bond motifs is 1. The van der Waals surface area contributed by atoms with Crippen molar-refractivity contribution in [2.75, 3.05) is 5.73 Å². The SMILES string of the molecule is Cc1cc(-c2nc3cc(-c4ccncc4)cc(N)n3n2)oc1C. The van der Waals surface area contributed by atoms with Crippen LogP contribution in [0.1, 0.15) is 11.3 Å². The summed E-state index contributed by atoms with van der Waals surface area (Å²) in [6.07, 6.45) is 3.50. The Morgan fingerprint density at radius 3 is 2.52 bits per heavy atom. The number of nitrogens with two attached hydrogens (primary N) is 1. The molecule has 0 spiro atoms. The zero-order valence-corrected chi connectivity index (χ0v) is 12.8. The normalized spacial score (nSPS) is 11.2. The van der Waals surface area contributed by atoms with Crippen molar-refractivity contribution < 1.29 is 4.42 Å². The molecule has 0 aliphatic heterocycles. The summed E-state index contributed by atoms with van der Waals surface area (Å²) in [7, 11) is 0. The van der Waals surface area contributed by atoms with E-state index < -0.39 is 0 Å². The molecular formula is C17H15N5O. The van der Waals surface area contributed by atoms with E-state index in [1.807, 2.05) is 44.2 Å². The number of anilines is 1. The van der Waals surface area contributed by atoms with Gasteiger partial charge in [-0.25, -0.2) is 4.98 Å². The predicted octanol–water partition coefficient (Wildman–Crippen LogP) is 3.25.